The average Bonchev–Trinajstić information content (AvgIpc) is 2.75. The fourth-order valence-electron chi connectivity index (χ4n) is 3.19. The summed E-state index contributed by atoms with van der Waals surface area (Å²) in [5.74, 6) is -3.67. The van der Waals surface area contributed by atoms with Crippen LogP contribution in [0.15, 0.2) is 39.7 Å². The van der Waals surface area contributed by atoms with Gasteiger partial charge in [-0.3, -0.25) is 24.0 Å². The highest BCUT2D eigenvalue weighted by atomic mass is 16.6. The van der Waals surface area contributed by atoms with Crippen molar-refractivity contribution in [2.75, 3.05) is 7.11 Å². The maximum Gasteiger partial charge on any atom is 0.308 e. The number of hydrogen-bond donors (Lipinski definition) is 0. The molecular weight excluding hydrogens is 464 g/mol. The summed E-state index contributed by atoms with van der Waals surface area (Å²) in [6.45, 7) is 4.56. The molecule has 0 atom stereocenters. The second-order valence-corrected chi connectivity index (χ2v) is 7.12. The smallest absolute Gasteiger partial charge is 0.308 e. The van der Waals surface area contributed by atoms with E-state index in [1.807, 2.05) is 0 Å². The molecule has 1 heterocycles. The third-order valence-corrected chi connectivity index (χ3v) is 4.41. The Morgan fingerprint density at radius 3 is 1.86 bits per heavy atom. The molecule has 0 saturated carbocycles. The topological polar surface area (TPSA) is 145 Å². The van der Waals surface area contributed by atoms with Crippen molar-refractivity contribution in [3.8, 4) is 39.9 Å². The van der Waals surface area contributed by atoms with Gasteiger partial charge in [0, 0.05) is 33.8 Å². The van der Waals surface area contributed by atoms with Crippen LogP contribution in [0, 0.1) is 0 Å². The van der Waals surface area contributed by atoms with Crippen LogP contribution in [0.4, 0.5) is 0 Å². The normalized spacial score (nSPS) is 10.4. The Kier molecular flexibility index (Phi) is 7.19. The van der Waals surface area contributed by atoms with E-state index in [-0.39, 0.29) is 50.8 Å². The predicted molar refractivity (Wildman–Crippen MR) is 120 cm³/mol. The Bertz CT molecular complexity index is 1420. The molecule has 2 aromatic carbocycles. The second kappa shape index (κ2) is 10.1. The summed E-state index contributed by atoms with van der Waals surface area (Å²) >= 11 is 0. The number of carbonyl (C=O) groups is 4. The Labute approximate surface area is 198 Å². The van der Waals surface area contributed by atoms with Gasteiger partial charge in [0.25, 0.3) is 0 Å². The molecule has 0 amide bonds. The van der Waals surface area contributed by atoms with E-state index < -0.39 is 29.3 Å². The Hall–Kier alpha value is -4.67. The fraction of sp³-hybridized carbons (Fsp3) is 0.208. The number of ether oxygens (including phenoxy) is 5. The molecule has 0 unspecified atom stereocenters. The van der Waals surface area contributed by atoms with Crippen LogP contribution in [0.1, 0.15) is 27.7 Å². The molecule has 0 bridgehead atoms. The predicted octanol–water partition coefficient (Wildman–Crippen LogP) is 3.17. The molecule has 3 rings (SSSR count). The van der Waals surface area contributed by atoms with Crippen molar-refractivity contribution in [1.29, 1.82) is 0 Å². The number of benzene rings is 2. The standard InChI is InChI=1S/C24H20O11/c1-11(25)32-17-7-6-15(8-18(17)33-12(2)26)16-10-31-19-9-20(30-5)23(34-13(3)27)24(35-14(4)28)21(19)22(16)29/h6-10H,1-5H3. The summed E-state index contributed by atoms with van der Waals surface area (Å²) in [5, 5.41) is -0.201. The third kappa shape index (κ3) is 5.46. The van der Waals surface area contributed by atoms with Crippen molar-refractivity contribution >= 4 is 34.8 Å². The molecule has 0 spiro atoms. The van der Waals surface area contributed by atoms with Crippen molar-refractivity contribution in [1.82, 2.24) is 0 Å². The number of fused-ring (bicyclic) bond motifs is 1. The number of hydrogen-bond acceptors (Lipinski definition) is 11. The summed E-state index contributed by atoms with van der Waals surface area (Å²) in [5.41, 5.74) is -0.467. The van der Waals surface area contributed by atoms with Crippen LogP contribution in [0.25, 0.3) is 22.1 Å². The highest BCUT2D eigenvalue weighted by Crippen LogP contribution is 2.43. The van der Waals surface area contributed by atoms with E-state index in [2.05, 4.69) is 0 Å². The van der Waals surface area contributed by atoms with E-state index in [1.165, 1.54) is 38.3 Å². The average molecular weight is 484 g/mol. The molecule has 3 aromatic rings. The first-order valence-corrected chi connectivity index (χ1v) is 10.1. The molecule has 0 saturated heterocycles. The van der Waals surface area contributed by atoms with E-state index in [1.54, 1.807) is 0 Å². The Morgan fingerprint density at radius 2 is 1.29 bits per heavy atom. The van der Waals surface area contributed by atoms with E-state index >= 15 is 0 Å². The Balaban J connectivity index is 2.32. The minimum atomic E-state index is -0.791. The van der Waals surface area contributed by atoms with Gasteiger partial charge in [-0.05, 0) is 17.7 Å². The maximum atomic E-state index is 13.5. The Morgan fingerprint density at radius 1 is 0.714 bits per heavy atom. The zero-order valence-corrected chi connectivity index (χ0v) is 19.4. The van der Waals surface area contributed by atoms with Crippen LogP contribution >= 0.6 is 0 Å². The minimum absolute atomic E-state index is 0.0114. The number of carbonyl (C=O) groups excluding carboxylic acids is 4. The van der Waals surface area contributed by atoms with Gasteiger partial charge in [0.2, 0.25) is 11.2 Å². The summed E-state index contributed by atoms with van der Waals surface area (Å²) in [4.78, 5) is 59.9. The van der Waals surface area contributed by atoms with Crippen molar-refractivity contribution in [3.63, 3.8) is 0 Å². The highest BCUT2D eigenvalue weighted by molar-refractivity contribution is 5.94. The molecular formula is C24H20O11. The first-order chi connectivity index (χ1) is 16.5. The van der Waals surface area contributed by atoms with Gasteiger partial charge >= 0.3 is 23.9 Å². The van der Waals surface area contributed by atoms with Crippen LogP contribution < -0.4 is 29.1 Å². The maximum absolute atomic E-state index is 13.5. The molecule has 0 aliphatic carbocycles. The molecule has 0 N–H and O–H groups in total. The second-order valence-electron chi connectivity index (χ2n) is 7.12. The lowest BCUT2D eigenvalue weighted by molar-refractivity contribution is -0.134. The van der Waals surface area contributed by atoms with Crippen molar-refractivity contribution in [2.24, 2.45) is 0 Å². The lowest BCUT2D eigenvalue weighted by atomic mass is 10.0. The summed E-state index contributed by atoms with van der Waals surface area (Å²) < 4.78 is 31.4. The highest BCUT2D eigenvalue weighted by Gasteiger charge is 2.25. The summed E-state index contributed by atoms with van der Waals surface area (Å²) in [6.07, 6.45) is 1.14. The van der Waals surface area contributed by atoms with Crippen LogP contribution in [0.5, 0.6) is 28.7 Å². The third-order valence-electron chi connectivity index (χ3n) is 4.41. The van der Waals surface area contributed by atoms with Crippen LogP contribution in [0.3, 0.4) is 0 Å². The molecule has 1 aromatic heterocycles. The van der Waals surface area contributed by atoms with Crippen molar-refractivity contribution in [2.45, 2.75) is 27.7 Å². The monoisotopic (exact) mass is 484 g/mol. The van der Waals surface area contributed by atoms with Crippen molar-refractivity contribution < 1.29 is 47.3 Å². The van der Waals surface area contributed by atoms with Crippen LogP contribution in [-0.4, -0.2) is 31.0 Å². The minimum Gasteiger partial charge on any atom is -0.493 e. The zero-order chi connectivity index (χ0) is 25.9. The first kappa shape index (κ1) is 25.0. The molecule has 0 aliphatic heterocycles. The number of esters is 4. The van der Waals surface area contributed by atoms with Gasteiger partial charge < -0.3 is 28.1 Å². The van der Waals surface area contributed by atoms with E-state index in [0.29, 0.717) is 0 Å². The molecule has 0 fully saturated rings. The van der Waals surface area contributed by atoms with Gasteiger partial charge in [-0.25, -0.2) is 0 Å². The quantitative estimate of drug-likeness (QED) is 0.376. The van der Waals surface area contributed by atoms with Crippen LogP contribution in [0.2, 0.25) is 0 Å². The number of rotatable bonds is 6. The summed E-state index contributed by atoms with van der Waals surface area (Å²) in [6, 6.07) is 5.38. The van der Waals surface area contributed by atoms with Gasteiger partial charge in [-0.2, -0.15) is 0 Å². The lowest BCUT2D eigenvalue weighted by Gasteiger charge is -2.15. The molecule has 0 radical (unpaired) electrons. The van der Waals surface area contributed by atoms with Gasteiger partial charge in [0.15, 0.2) is 23.0 Å². The van der Waals surface area contributed by atoms with Gasteiger partial charge in [-0.15, -0.1) is 0 Å². The molecule has 0 aliphatic rings. The SMILES string of the molecule is COc1cc2occ(-c3ccc(OC(C)=O)c(OC(C)=O)c3)c(=O)c2c(OC(C)=O)c1OC(C)=O. The zero-order valence-electron chi connectivity index (χ0n) is 19.4. The van der Waals surface area contributed by atoms with Gasteiger partial charge in [0.05, 0.1) is 12.7 Å². The van der Waals surface area contributed by atoms with E-state index in [9.17, 15) is 24.0 Å². The largest absolute Gasteiger partial charge is 0.493 e. The molecule has 11 nitrogen and oxygen atoms in total. The van der Waals surface area contributed by atoms with E-state index in [0.717, 1.165) is 27.0 Å². The molecule has 182 valence electrons. The fourth-order valence-corrected chi connectivity index (χ4v) is 3.19. The number of methoxy groups -OCH3 is 1. The van der Waals surface area contributed by atoms with Crippen molar-refractivity contribution in [3.05, 3.63) is 40.8 Å². The van der Waals surface area contributed by atoms with Gasteiger partial charge in [0.1, 0.15) is 17.2 Å². The molecule has 35 heavy (non-hydrogen) atoms. The van der Waals surface area contributed by atoms with Gasteiger partial charge in [-0.1, -0.05) is 6.07 Å². The van der Waals surface area contributed by atoms with E-state index in [4.69, 9.17) is 28.1 Å². The lowest BCUT2D eigenvalue weighted by Crippen LogP contribution is -2.13. The summed E-state index contributed by atoms with van der Waals surface area (Å²) in [7, 11) is 1.29. The molecule has 11 heteroatoms. The van der Waals surface area contributed by atoms with Crippen LogP contribution in [-0.2, 0) is 19.2 Å². The first-order valence-electron chi connectivity index (χ1n) is 10.1.